The number of piperidine rings is 1. The first-order valence-electron chi connectivity index (χ1n) is 11.0. The van der Waals surface area contributed by atoms with Crippen molar-refractivity contribution in [2.24, 2.45) is 0 Å². The van der Waals surface area contributed by atoms with Gasteiger partial charge in [0.2, 0.25) is 0 Å². The van der Waals surface area contributed by atoms with Gasteiger partial charge in [0.05, 0.1) is 24.8 Å². The average Bonchev–Trinajstić information content (AvgIpc) is 2.86. The van der Waals surface area contributed by atoms with Crippen LogP contribution < -0.4 is 9.47 Å². The molecule has 0 aliphatic carbocycles. The van der Waals surface area contributed by atoms with Crippen molar-refractivity contribution in [3.63, 3.8) is 0 Å². The molecule has 176 valence electrons. The number of benzene rings is 2. The maximum Gasteiger partial charge on any atom is 0.338 e. The Kier molecular flexibility index (Phi) is 8.69. The van der Waals surface area contributed by atoms with E-state index in [-0.39, 0.29) is 24.7 Å². The summed E-state index contributed by atoms with van der Waals surface area (Å²) in [5, 5.41) is 0. The Morgan fingerprint density at radius 3 is 2.36 bits per heavy atom. The van der Waals surface area contributed by atoms with Gasteiger partial charge < -0.3 is 23.8 Å². The third-order valence-electron chi connectivity index (χ3n) is 5.26. The van der Waals surface area contributed by atoms with E-state index >= 15 is 0 Å². The predicted octanol–water partition coefficient (Wildman–Crippen LogP) is 3.62. The molecule has 1 fully saturated rings. The lowest BCUT2D eigenvalue weighted by atomic mass is 10.1. The number of amides is 1. The van der Waals surface area contributed by atoms with E-state index in [2.05, 4.69) is 0 Å². The van der Waals surface area contributed by atoms with Gasteiger partial charge >= 0.3 is 11.9 Å². The molecule has 0 aromatic heterocycles. The van der Waals surface area contributed by atoms with E-state index in [4.69, 9.17) is 18.9 Å². The third kappa shape index (κ3) is 6.71. The molecule has 0 bridgehead atoms. The molecule has 2 aromatic rings. The Labute approximate surface area is 193 Å². The van der Waals surface area contributed by atoms with E-state index in [1.54, 1.807) is 36.4 Å². The van der Waals surface area contributed by atoms with Gasteiger partial charge in [0.1, 0.15) is 6.61 Å². The SMILES string of the molecule is CCOc1cc(C(=O)OCc2cccc(C(=O)OC)c2)ccc1OCC(=O)N1CCCCC1. The molecule has 8 nitrogen and oxygen atoms in total. The van der Waals surface area contributed by atoms with Crippen molar-refractivity contribution in [1.29, 1.82) is 0 Å². The Morgan fingerprint density at radius 2 is 1.64 bits per heavy atom. The molecule has 0 saturated carbocycles. The van der Waals surface area contributed by atoms with Crippen molar-refractivity contribution >= 4 is 17.8 Å². The minimum absolute atomic E-state index is 0.00375. The number of carbonyl (C=O) groups is 3. The molecule has 1 aliphatic heterocycles. The summed E-state index contributed by atoms with van der Waals surface area (Å²) in [6.07, 6.45) is 3.17. The largest absolute Gasteiger partial charge is 0.490 e. The second-order valence-corrected chi connectivity index (χ2v) is 7.59. The van der Waals surface area contributed by atoms with Gasteiger partial charge in [0.15, 0.2) is 18.1 Å². The molecule has 8 heteroatoms. The van der Waals surface area contributed by atoms with E-state index in [0.29, 0.717) is 29.2 Å². The van der Waals surface area contributed by atoms with Crippen LogP contribution in [-0.4, -0.2) is 56.2 Å². The molecule has 0 atom stereocenters. The van der Waals surface area contributed by atoms with E-state index in [1.165, 1.54) is 13.2 Å². The summed E-state index contributed by atoms with van der Waals surface area (Å²) in [6.45, 7) is 3.62. The molecule has 1 heterocycles. The second-order valence-electron chi connectivity index (χ2n) is 7.59. The highest BCUT2D eigenvalue weighted by Crippen LogP contribution is 2.29. The number of carbonyl (C=O) groups excluding carboxylic acids is 3. The molecule has 3 rings (SSSR count). The third-order valence-corrected chi connectivity index (χ3v) is 5.26. The van der Waals surface area contributed by atoms with E-state index < -0.39 is 11.9 Å². The van der Waals surface area contributed by atoms with Crippen LogP contribution >= 0.6 is 0 Å². The van der Waals surface area contributed by atoms with Gasteiger partial charge in [-0.15, -0.1) is 0 Å². The monoisotopic (exact) mass is 455 g/mol. The highest BCUT2D eigenvalue weighted by atomic mass is 16.5. The van der Waals surface area contributed by atoms with Crippen LogP contribution in [0.25, 0.3) is 0 Å². The van der Waals surface area contributed by atoms with Gasteiger partial charge in [-0.3, -0.25) is 4.79 Å². The number of methoxy groups -OCH3 is 1. The first-order chi connectivity index (χ1) is 16.0. The summed E-state index contributed by atoms with van der Waals surface area (Å²) in [5.74, 6) is -0.306. The lowest BCUT2D eigenvalue weighted by molar-refractivity contribution is -0.134. The Hall–Kier alpha value is -3.55. The molecular weight excluding hydrogens is 426 g/mol. The minimum Gasteiger partial charge on any atom is -0.490 e. The molecule has 2 aromatic carbocycles. The zero-order valence-corrected chi connectivity index (χ0v) is 19.0. The molecule has 1 amide bonds. The Balaban J connectivity index is 1.62. The first kappa shape index (κ1) is 24.1. The summed E-state index contributed by atoms with van der Waals surface area (Å²) in [4.78, 5) is 38.4. The van der Waals surface area contributed by atoms with Gasteiger partial charge in [-0.1, -0.05) is 12.1 Å². The van der Waals surface area contributed by atoms with Crippen LogP contribution in [0.2, 0.25) is 0 Å². The number of hydrogen-bond donors (Lipinski definition) is 0. The fraction of sp³-hybridized carbons (Fsp3) is 0.400. The maximum atomic E-state index is 12.6. The minimum atomic E-state index is -0.546. The second kappa shape index (κ2) is 11.9. The normalized spacial score (nSPS) is 13.2. The van der Waals surface area contributed by atoms with Crippen molar-refractivity contribution in [3.05, 3.63) is 59.2 Å². The zero-order valence-electron chi connectivity index (χ0n) is 19.0. The van der Waals surface area contributed by atoms with Crippen LogP contribution in [0.5, 0.6) is 11.5 Å². The van der Waals surface area contributed by atoms with E-state index in [9.17, 15) is 14.4 Å². The number of ether oxygens (including phenoxy) is 4. The van der Waals surface area contributed by atoms with Crippen molar-refractivity contribution in [1.82, 2.24) is 4.90 Å². The van der Waals surface area contributed by atoms with Crippen LogP contribution in [-0.2, 0) is 20.9 Å². The van der Waals surface area contributed by atoms with Crippen LogP contribution in [0.3, 0.4) is 0 Å². The summed E-state index contributed by atoms with van der Waals surface area (Å²) in [7, 11) is 1.31. The van der Waals surface area contributed by atoms with E-state index in [1.807, 2.05) is 11.8 Å². The number of likely N-dealkylation sites (tertiary alicyclic amines) is 1. The first-order valence-corrected chi connectivity index (χ1v) is 11.0. The molecule has 1 aliphatic rings. The van der Waals surface area contributed by atoms with Gasteiger partial charge in [0.25, 0.3) is 5.91 Å². The lowest BCUT2D eigenvalue weighted by Gasteiger charge is -2.26. The van der Waals surface area contributed by atoms with Crippen molar-refractivity contribution in [2.75, 3.05) is 33.4 Å². The molecule has 0 N–H and O–H groups in total. The van der Waals surface area contributed by atoms with Crippen LogP contribution in [0.1, 0.15) is 52.5 Å². The summed E-state index contributed by atoms with van der Waals surface area (Å²) in [6, 6.07) is 11.4. The van der Waals surface area contributed by atoms with Gasteiger partial charge in [-0.2, -0.15) is 0 Å². The molecule has 0 radical (unpaired) electrons. The van der Waals surface area contributed by atoms with Crippen molar-refractivity contribution < 1.29 is 33.3 Å². The number of hydrogen-bond acceptors (Lipinski definition) is 7. The van der Waals surface area contributed by atoms with Crippen LogP contribution in [0.15, 0.2) is 42.5 Å². The van der Waals surface area contributed by atoms with Gasteiger partial charge in [-0.05, 0) is 62.1 Å². The van der Waals surface area contributed by atoms with Gasteiger partial charge in [0, 0.05) is 13.1 Å². The quantitative estimate of drug-likeness (QED) is 0.533. The van der Waals surface area contributed by atoms with E-state index in [0.717, 1.165) is 32.4 Å². The lowest BCUT2D eigenvalue weighted by Crippen LogP contribution is -2.38. The van der Waals surface area contributed by atoms with Crippen molar-refractivity contribution in [2.45, 2.75) is 32.8 Å². The van der Waals surface area contributed by atoms with Crippen molar-refractivity contribution in [3.8, 4) is 11.5 Å². The van der Waals surface area contributed by atoms with Crippen LogP contribution in [0, 0.1) is 0 Å². The zero-order chi connectivity index (χ0) is 23.6. The number of rotatable bonds is 9. The fourth-order valence-electron chi connectivity index (χ4n) is 3.53. The Morgan fingerprint density at radius 1 is 0.879 bits per heavy atom. The smallest absolute Gasteiger partial charge is 0.338 e. The summed E-state index contributed by atoms with van der Waals surface area (Å²) in [5.41, 5.74) is 1.33. The maximum absolute atomic E-state index is 12.6. The standard InChI is InChI=1S/C25H29NO7/c1-3-31-22-15-20(10-11-21(22)32-17-23(27)26-12-5-4-6-13-26)25(29)33-16-18-8-7-9-19(14-18)24(28)30-2/h7-11,14-15H,3-6,12-13,16-17H2,1-2H3. The summed E-state index contributed by atoms with van der Waals surface area (Å²) >= 11 is 0. The molecular formula is C25H29NO7. The molecule has 33 heavy (non-hydrogen) atoms. The number of esters is 2. The average molecular weight is 456 g/mol. The topological polar surface area (TPSA) is 91.4 Å². The molecule has 1 saturated heterocycles. The number of nitrogens with zero attached hydrogens (tertiary/aromatic N) is 1. The predicted molar refractivity (Wildman–Crippen MR) is 120 cm³/mol. The molecule has 0 spiro atoms. The Bertz CT molecular complexity index is 982. The highest BCUT2D eigenvalue weighted by molar-refractivity contribution is 5.91. The summed E-state index contributed by atoms with van der Waals surface area (Å²) < 4.78 is 21.4. The highest BCUT2D eigenvalue weighted by Gasteiger charge is 2.19. The fourth-order valence-corrected chi connectivity index (χ4v) is 3.53. The van der Waals surface area contributed by atoms with Crippen LogP contribution in [0.4, 0.5) is 0 Å². The molecule has 0 unspecified atom stereocenters. The van der Waals surface area contributed by atoms with Gasteiger partial charge in [-0.25, -0.2) is 9.59 Å².